The van der Waals surface area contributed by atoms with E-state index in [1.807, 2.05) is 26.8 Å². The van der Waals surface area contributed by atoms with Crippen LogP contribution in [0, 0.1) is 5.82 Å². The minimum atomic E-state index is -0.880. The van der Waals surface area contributed by atoms with E-state index in [4.69, 9.17) is 4.74 Å². The van der Waals surface area contributed by atoms with Gasteiger partial charge in [0.15, 0.2) is 11.6 Å². The Labute approximate surface area is 114 Å². The van der Waals surface area contributed by atoms with Gasteiger partial charge in [0.25, 0.3) is 0 Å². The molecule has 1 aromatic rings. The van der Waals surface area contributed by atoms with Crippen molar-refractivity contribution in [2.45, 2.75) is 45.8 Å². The Morgan fingerprint density at radius 3 is 2.47 bits per heavy atom. The van der Waals surface area contributed by atoms with Gasteiger partial charge in [0.05, 0.1) is 5.60 Å². The first-order valence-corrected chi connectivity index (χ1v) is 6.89. The number of hydrogen-bond acceptors (Lipinski definition) is 3. The fourth-order valence-corrected chi connectivity index (χ4v) is 1.71. The summed E-state index contributed by atoms with van der Waals surface area (Å²) in [5.74, 6) is -0.189. The minimum Gasteiger partial charge on any atom is -0.488 e. The Morgan fingerprint density at radius 1 is 1.26 bits per heavy atom. The molecule has 0 spiro atoms. The molecule has 0 aliphatic carbocycles. The molecule has 19 heavy (non-hydrogen) atoms. The maximum atomic E-state index is 13.8. The molecule has 0 saturated carbocycles. The first-order valence-electron chi connectivity index (χ1n) is 6.89. The molecule has 0 unspecified atom stereocenters. The second-order valence-corrected chi connectivity index (χ2v) is 4.77. The van der Waals surface area contributed by atoms with E-state index in [0.29, 0.717) is 19.4 Å². The van der Waals surface area contributed by atoms with Gasteiger partial charge in [0.2, 0.25) is 0 Å². The molecular weight excluding hydrogens is 245 g/mol. The summed E-state index contributed by atoms with van der Waals surface area (Å²) in [6.07, 6.45) is 1.17. The van der Waals surface area contributed by atoms with Gasteiger partial charge in [-0.3, -0.25) is 0 Å². The van der Waals surface area contributed by atoms with Crippen LogP contribution in [0.5, 0.6) is 5.75 Å². The first-order chi connectivity index (χ1) is 9.04. The second kappa shape index (κ2) is 7.46. The Bertz CT molecular complexity index is 392. The van der Waals surface area contributed by atoms with Crippen molar-refractivity contribution in [3.63, 3.8) is 0 Å². The van der Waals surface area contributed by atoms with Gasteiger partial charge < -0.3 is 15.2 Å². The highest BCUT2D eigenvalue weighted by Crippen LogP contribution is 2.22. The second-order valence-electron chi connectivity index (χ2n) is 4.77. The number of benzene rings is 1. The third-order valence-electron chi connectivity index (χ3n) is 3.39. The molecule has 0 saturated heterocycles. The van der Waals surface area contributed by atoms with E-state index in [-0.39, 0.29) is 18.2 Å². The van der Waals surface area contributed by atoms with Crippen molar-refractivity contribution in [3.05, 3.63) is 29.6 Å². The zero-order chi connectivity index (χ0) is 14.3. The van der Waals surface area contributed by atoms with Crippen LogP contribution in [0.2, 0.25) is 0 Å². The van der Waals surface area contributed by atoms with Gasteiger partial charge in [-0.2, -0.15) is 0 Å². The van der Waals surface area contributed by atoms with Crippen LogP contribution in [-0.4, -0.2) is 23.9 Å². The van der Waals surface area contributed by atoms with Crippen molar-refractivity contribution in [3.8, 4) is 5.75 Å². The number of aliphatic hydroxyl groups is 1. The standard InChI is InChI=1S/C15H24FNO2/c1-4-15(18,5-2)11-19-14-8-7-12(9-13(14)16)10-17-6-3/h7-9,17-18H,4-6,10-11H2,1-3H3. The van der Waals surface area contributed by atoms with Crippen molar-refractivity contribution >= 4 is 0 Å². The highest BCUT2D eigenvalue weighted by atomic mass is 19.1. The molecule has 1 aromatic carbocycles. The summed E-state index contributed by atoms with van der Waals surface area (Å²) in [5, 5.41) is 13.2. The van der Waals surface area contributed by atoms with Crippen molar-refractivity contribution in [1.82, 2.24) is 5.32 Å². The molecule has 0 aromatic heterocycles. The molecule has 0 heterocycles. The summed E-state index contributed by atoms with van der Waals surface area (Å²) >= 11 is 0. The molecule has 108 valence electrons. The normalized spacial score (nSPS) is 11.6. The Hall–Kier alpha value is -1.13. The largest absolute Gasteiger partial charge is 0.488 e. The lowest BCUT2D eigenvalue weighted by Gasteiger charge is -2.25. The molecule has 0 aliphatic heterocycles. The van der Waals surface area contributed by atoms with Gasteiger partial charge in [-0.1, -0.05) is 26.8 Å². The molecule has 4 heteroatoms. The van der Waals surface area contributed by atoms with Crippen LogP contribution in [0.15, 0.2) is 18.2 Å². The average molecular weight is 269 g/mol. The first kappa shape index (κ1) is 15.9. The van der Waals surface area contributed by atoms with E-state index >= 15 is 0 Å². The van der Waals surface area contributed by atoms with Gasteiger partial charge in [-0.25, -0.2) is 4.39 Å². The van der Waals surface area contributed by atoms with Gasteiger partial charge in [0, 0.05) is 6.54 Å². The molecule has 3 nitrogen and oxygen atoms in total. The third-order valence-corrected chi connectivity index (χ3v) is 3.39. The van der Waals surface area contributed by atoms with Crippen LogP contribution >= 0.6 is 0 Å². The molecule has 0 radical (unpaired) electrons. The van der Waals surface area contributed by atoms with E-state index in [2.05, 4.69) is 5.32 Å². The van der Waals surface area contributed by atoms with Crippen molar-refractivity contribution < 1.29 is 14.2 Å². The number of rotatable bonds is 8. The topological polar surface area (TPSA) is 41.5 Å². The minimum absolute atomic E-state index is 0.115. The highest BCUT2D eigenvalue weighted by molar-refractivity contribution is 5.29. The SMILES string of the molecule is CCNCc1ccc(OCC(O)(CC)CC)c(F)c1. The zero-order valence-corrected chi connectivity index (χ0v) is 12.0. The van der Waals surface area contributed by atoms with Crippen LogP contribution in [0.4, 0.5) is 4.39 Å². The van der Waals surface area contributed by atoms with Crippen molar-refractivity contribution in [1.29, 1.82) is 0 Å². The predicted octanol–water partition coefficient (Wildman–Crippen LogP) is 2.87. The lowest BCUT2D eigenvalue weighted by atomic mass is 9.99. The molecule has 0 aliphatic rings. The van der Waals surface area contributed by atoms with Crippen LogP contribution in [0.1, 0.15) is 39.2 Å². The summed E-state index contributed by atoms with van der Waals surface area (Å²) in [5.41, 5.74) is 0.00227. The number of hydrogen-bond donors (Lipinski definition) is 2. The van der Waals surface area contributed by atoms with Crippen LogP contribution in [0.25, 0.3) is 0 Å². The van der Waals surface area contributed by atoms with E-state index in [1.54, 1.807) is 6.07 Å². The van der Waals surface area contributed by atoms with Crippen LogP contribution in [-0.2, 0) is 6.54 Å². The Kier molecular flexibility index (Phi) is 6.25. The van der Waals surface area contributed by atoms with E-state index < -0.39 is 5.60 Å². The lowest BCUT2D eigenvalue weighted by molar-refractivity contribution is -0.0123. The molecular formula is C15H24FNO2. The molecule has 2 N–H and O–H groups in total. The summed E-state index contributed by atoms with van der Waals surface area (Å²) in [4.78, 5) is 0. The fourth-order valence-electron chi connectivity index (χ4n) is 1.71. The summed E-state index contributed by atoms with van der Waals surface area (Å²) in [7, 11) is 0. The van der Waals surface area contributed by atoms with Crippen LogP contribution in [0.3, 0.4) is 0 Å². The molecule has 1 rings (SSSR count). The monoisotopic (exact) mass is 269 g/mol. The Balaban J connectivity index is 2.64. The van der Waals surface area contributed by atoms with E-state index in [9.17, 15) is 9.50 Å². The van der Waals surface area contributed by atoms with E-state index in [0.717, 1.165) is 12.1 Å². The van der Waals surface area contributed by atoms with Crippen molar-refractivity contribution in [2.75, 3.05) is 13.2 Å². The van der Waals surface area contributed by atoms with Crippen LogP contribution < -0.4 is 10.1 Å². The zero-order valence-electron chi connectivity index (χ0n) is 12.0. The fraction of sp³-hybridized carbons (Fsp3) is 0.600. The maximum absolute atomic E-state index is 13.8. The maximum Gasteiger partial charge on any atom is 0.165 e. The molecule has 0 amide bonds. The van der Waals surface area contributed by atoms with Gasteiger partial charge in [-0.15, -0.1) is 0 Å². The summed E-state index contributed by atoms with van der Waals surface area (Å²) in [6.45, 7) is 7.39. The van der Waals surface area contributed by atoms with Crippen molar-refractivity contribution in [2.24, 2.45) is 0 Å². The smallest absolute Gasteiger partial charge is 0.165 e. The van der Waals surface area contributed by atoms with Gasteiger partial charge >= 0.3 is 0 Å². The lowest BCUT2D eigenvalue weighted by Crippen LogP contribution is -2.34. The number of ether oxygens (including phenoxy) is 1. The predicted molar refractivity (Wildman–Crippen MR) is 74.8 cm³/mol. The quantitative estimate of drug-likeness (QED) is 0.762. The van der Waals surface area contributed by atoms with E-state index in [1.165, 1.54) is 6.07 Å². The molecule has 0 atom stereocenters. The molecule has 0 bridgehead atoms. The Morgan fingerprint density at radius 2 is 1.95 bits per heavy atom. The average Bonchev–Trinajstić information content (AvgIpc) is 2.43. The summed E-state index contributed by atoms with van der Waals surface area (Å²) in [6, 6.07) is 4.92. The number of nitrogens with one attached hydrogen (secondary N) is 1. The summed E-state index contributed by atoms with van der Waals surface area (Å²) < 4.78 is 19.2. The highest BCUT2D eigenvalue weighted by Gasteiger charge is 2.23. The van der Waals surface area contributed by atoms with Gasteiger partial charge in [-0.05, 0) is 37.1 Å². The third kappa shape index (κ3) is 4.80. The number of halogens is 1. The van der Waals surface area contributed by atoms with Gasteiger partial charge in [0.1, 0.15) is 6.61 Å². The molecule has 0 fully saturated rings.